The first-order valence-electron chi connectivity index (χ1n) is 7.26. The molecule has 130 valence electrons. The molecular formula is C17H16FN3O4. The molecule has 0 radical (unpaired) electrons. The fraction of sp³-hybridized carbons (Fsp3) is 0.118. The molecule has 0 heterocycles. The van der Waals surface area contributed by atoms with Crippen molar-refractivity contribution in [3.05, 3.63) is 54.3 Å². The number of hydrogen-bond donors (Lipinski definition) is 3. The fourth-order valence-electron chi connectivity index (χ4n) is 1.84. The zero-order valence-electron chi connectivity index (χ0n) is 13.3. The van der Waals surface area contributed by atoms with E-state index < -0.39 is 23.5 Å². The Hall–Kier alpha value is -3.42. The van der Waals surface area contributed by atoms with Crippen LogP contribution in [-0.2, 0) is 14.4 Å². The lowest BCUT2D eigenvalue weighted by Gasteiger charge is -2.08. The monoisotopic (exact) mass is 345 g/mol. The molecule has 7 nitrogen and oxygen atoms in total. The highest BCUT2D eigenvalue weighted by Gasteiger charge is 2.15. The number of carbonyl (C=O) groups excluding carboxylic acids is 3. The Morgan fingerprint density at radius 3 is 2.04 bits per heavy atom. The Bertz CT molecular complexity index is 760. The van der Waals surface area contributed by atoms with Crippen LogP contribution >= 0.6 is 0 Å². The number of ether oxygens (including phenoxy) is 1. The molecular weight excluding hydrogens is 329 g/mol. The summed E-state index contributed by atoms with van der Waals surface area (Å²) in [4.78, 5) is 35.1. The summed E-state index contributed by atoms with van der Waals surface area (Å²) >= 11 is 0. The van der Waals surface area contributed by atoms with E-state index in [1.54, 1.807) is 24.3 Å². The molecule has 0 unspecified atom stereocenters. The van der Waals surface area contributed by atoms with Crippen LogP contribution in [-0.4, -0.2) is 31.4 Å². The van der Waals surface area contributed by atoms with Gasteiger partial charge in [0.05, 0.1) is 13.7 Å². The molecule has 0 aliphatic rings. The van der Waals surface area contributed by atoms with Gasteiger partial charge in [-0.3, -0.25) is 14.4 Å². The predicted octanol–water partition coefficient (Wildman–Crippen LogP) is 1.53. The smallest absolute Gasteiger partial charge is 0.313 e. The number of nitrogens with one attached hydrogen (secondary N) is 3. The maximum Gasteiger partial charge on any atom is 0.313 e. The number of hydrogen-bond acceptors (Lipinski definition) is 4. The van der Waals surface area contributed by atoms with Gasteiger partial charge in [0.25, 0.3) is 0 Å². The summed E-state index contributed by atoms with van der Waals surface area (Å²) in [5, 5.41) is 7.05. The zero-order chi connectivity index (χ0) is 18.2. The van der Waals surface area contributed by atoms with E-state index in [0.29, 0.717) is 11.4 Å². The average Bonchev–Trinajstić information content (AvgIpc) is 2.62. The van der Waals surface area contributed by atoms with Gasteiger partial charge in [-0.15, -0.1) is 0 Å². The van der Waals surface area contributed by atoms with Crippen LogP contribution in [0.4, 0.5) is 15.8 Å². The summed E-state index contributed by atoms with van der Waals surface area (Å²) in [6, 6.07) is 11.5. The van der Waals surface area contributed by atoms with Crippen LogP contribution in [0.5, 0.6) is 5.75 Å². The third-order valence-electron chi connectivity index (χ3n) is 3.09. The summed E-state index contributed by atoms with van der Waals surface area (Å²) < 4.78 is 17.8. The van der Waals surface area contributed by atoms with E-state index in [9.17, 15) is 18.8 Å². The van der Waals surface area contributed by atoms with Crippen LogP contribution in [0.1, 0.15) is 0 Å². The van der Waals surface area contributed by atoms with Crippen molar-refractivity contribution in [3.8, 4) is 5.75 Å². The van der Waals surface area contributed by atoms with Crippen molar-refractivity contribution in [1.29, 1.82) is 0 Å². The maximum atomic E-state index is 12.8. The molecule has 0 saturated heterocycles. The van der Waals surface area contributed by atoms with Gasteiger partial charge in [-0.25, -0.2) is 4.39 Å². The summed E-state index contributed by atoms with van der Waals surface area (Å²) in [6.07, 6.45) is 0. The molecule has 0 aliphatic heterocycles. The maximum absolute atomic E-state index is 12.8. The van der Waals surface area contributed by atoms with E-state index in [2.05, 4.69) is 16.0 Å². The lowest BCUT2D eigenvalue weighted by molar-refractivity contribution is -0.136. The predicted molar refractivity (Wildman–Crippen MR) is 89.7 cm³/mol. The molecule has 0 fully saturated rings. The van der Waals surface area contributed by atoms with Gasteiger partial charge in [0, 0.05) is 11.4 Å². The first kappa shape index (κ1) is 17.9. The van der Waals surface area contributed by atoms with Crippen LogP contribution < -0.4 is 20.7 Å². The van der Waals surface area contributed by atoms with Crippen molar-refractivity contribution < 1.29 is 23.5 Å². The van der Waals surface area contributed by atoms with Crippen LogP contribution in [0.2, 0.25) is 0 Å². The topological polar surface area (TPSA) is 96.5 Å². The van der Waals surface area contributed by atoms with Crippen LogP contribution in [0.15, 0.2) is 48.5 Å². The molecule has 0 saturated carbocycles. The number of rotatable bonds is 5. The van der Waals surface area contributed by atoms with Gasteiger partial charge in [-0.05, 0) is 48.5 Å². The first-order chi connectivity index (χ1) is 12.0. The minimum atomic E-state index is -0.978. The number of methoxy groups -OCH3 is 1. The Kier molecular flexibility index (Phi) is 6.05. The quantitative estimate of drug-likeness (QED) is 0.716. The largest absolute Gasteiger partial charge is 0.497 e. The van der Waals surface area contributed by atoms with Crippen molar-refractivity contribution in [3.63, 3.8) is 0 Å². The van der Waals surface area contributed by atoms with E-state index in [4.69, 9.17) is 4.74 Å². The number of amides is 3. The van der Waals surface area contributed by atoms with Gasteiger partial charge in [-0.1, -0.05) is 0 Å². The SMILES string of the molecule is COc1ccc(NC(=O)CNC(=O)C(=O)Nc2ccc(F)cc2)cc1. The highest BCUT2D eigenvalue weighted by molar-refractivity contribution is 6.39. The number of benzene rings is 2. The molecule has 0 aliphatic carbocycles. The zero-order valence-corrected chi connectivity index (χ0v) is 13.3. The second kappa shape index (κ2) is 8.44. The number of halogens is 1. The molecule has 3 amide bonds. The molecule has 0 aromatic heterocycles. The molecule has 2 aromatic rings. The van der Waals surface area contributed by atoms with Gasteiger partial charge in [0.1, 0.15) is 11.6 Å². The Morgan fingerprint density at radius 1 is 0.880 bits per heavy atom. The average molecular weight is 345 g/mol. The fourth-order valence-corrected chi connectivity index (χ4v) is 1.84. The van der Waals surface area contributed by atoms with Crippen LogP contribution in [0, 0.1) is 5.82 Å². The Morgan fingerprint density at radius 2 is 1.44 bits per heavy atom. The third-order valence-corrected chi connectivity index (χ3v) is 3.09. The molecule has 3 N–H and O–H groups in total. The van der Waals surface area contributed by atoms with Crippen molar-refractivity contribution in [2.24, 2.45) is 0 Å². The van der Waals surface area contributed by atoms with Gasteiger partial charge in [0.15, 0.2) is 0 Å². The second-order valence-corrected chi connectivity index (χ2v) is 4.92. The summed E-state index contributed by atoms with van der Waals surface area (Å²) in [6.45, 7) is -0.373. The van der Waals surface area contributed by atoms with Gasteiger partial charge in [0.2, 0.25) is 5.91 Å². The second-order valence-electron chi connectivity index (χ2n) is 4.92. The Labute approximate surface area is 143 Å². The van der Waals surface area contributed by atoms with Gasteiger partial charge < -0.3 is 20.7 Å². The highest BCUT2D eigenvalue weighted by Crippen LogP contribution is 2.14. The normalized spacial score (nSPS) is 9.84. The molecule has 0 atom stereocenters. The molecule has 25 heavy (non-hydrogen) atoms. The Balaban J connectivity index is 1.78. The van der Waals surface area contributed by atoms with E-state index in [0.717, 1.165) is 12.1 Å². The van der Waals surface area contributed by atoms with Gasteiger partial charge >= 0.3 is 11.8 Å². The molecule has 0 bridgehead atoms. The number of carbonyl (C=O) groups is 3. The molecule has 8 heteroatoms. The lowest BCUT2D eigenvalue weighted by atomic mass is 10.3. The summed E-state index contributed by atoms with van der Waals surface area (Å²) in [7, 11) is 1.53. The van der Waals surface area contributed by atoms with E-state index in [1.807, 2.05) is 0 Å². The lowest BCUT2D eigenvalue weighted by Crippen LogP contribution is -2.39. The van der Waals surface area contributed by atoms with Crippen molar-refractivity contribution in [2.75, 3.05) is 24.3 Å². The molecule has 0 spiro atoms. The van der Waals surface area contributed by atoms with E-state index in [-0.39, 0.29) is 12.2 Å². The van der Waals surface area contributed by atoms with Crippen LogP contribution in [0.25, 0.3) is 0 Å². The molecule has 2 rings (SSSR count). The standard InChI is InChI=1S/C17H16FN3O4/c1-25-14-8-6-12(7-9-14)20-15(22)10-19-16(23)17(24)21-13-4-2-11(18)3-5-13/h2-9H,10H2,1H3,(H,19,23)(H,20,22)(H,21,24). The summed E-state index contributed by atoms with van der Waals surface area (Å²) in [5.74, 6) is -2.24. The highest BCUT2D eigenvalue weighted by atomic mass is 19.1. The third kappa shape index (κ3) is 5.61. The minimum absolute atomic E-state index is 0.268. The van der Waals surface area contributed by atoms with Crippen LogP contribution in [0.3, 0.4) is 0 Å². The summed E-state index contributed by atoms with van der Waals surface area (Å²) in [5.41, 5.74) is 0.792. The first-order valence-corrected chi connectivity index (χ1v) is 7.26. The van der Waals surface area contributed by atoms with Gasteiger partial charge in [-0.2, -0.15) is 0 Å². The van der Waals surface area contributed by atoms with E-state index in [1.165, 1.54) is 19.2 Å². The number of anilines is 2. The van der Waals surface area contributed by atoms with Crippen molar-refractivity contribution in [1.82, 2.24) is 5.32 Å². The van der Waals surface area contributed by atoms with Crippen molar-refractivity contribution >= 4 is 29.1 Å². The molecule has 2 aromatic carbocycles. The van der Waals surface area contributed by atoms with Crippen molar-refractivity contribution in [2.45, 2.75) is 0 Å². The minimum Gasteiger partial charge on any atom is -0.497 e. The van der Waals surface area contributed by atoms with E-state index >= 15 is 0 Å².